The highest BCUT2D eigenvalue weighted by Gasteiger charge is 2.27. The summed E-state index contributed by atoms with van der Waals surface area (Å²) in [4.78, 5) is 17.5. The Hall–Kier alpha value is -2.28. The maximum absolute atomic E-state index is 11.8. The van der Waals surface area contributed by atoms with E-state index in [0.717, 1.165) is 45.3 Å². The molecule has 0 spiro atoms. The van der Waals surface area contributed by atoms with E-state index in [1.165, 1.54) is 0 Å². The summed E-state index contributed by atoms with van der Waals surface area (Å²) in [5, 5.41) is 13.0. The van der Waals surface area contributed by atoms with Crippen LogP contribution in [-0.4, -0.2) is 33.6 Å². The quantitative estimate of drug-likeness (QED) is 0.568. The topological polar surface area (TPSA) is 75.9 Å². The van der Waals surface area contributed by atoms with E-state index in [1.54, 1.807) is 18.4 Å². The van der Waals surface area contributed by atoms with E-state index in [4.69, 9.17) is 9.72 Å². The summed E-state index contributed by atoms with van der Waals surface area (Å²) in [5.41, 5.74) is 1.95. The molecule has 0 amide bonds. The molecule has 146 valence electrons. The molecule has 7 heteroatoms. The van der Waals surface area contributed by atoms with Gasteiger partial charge in [0.05, 0.1) is 23.0 Å². The van der Waals surface area contributed by atoms with Crippen LogP contribution in [0.5, 0.6) is 5.75 Å². The zero-order valence-corrected chi connectivity index (χ0v) is 17.3. The fourth-order valence-corrected chi connectivity index (χ4v) is 4.47. The van der Waals surface area contributed by atoms with Crippen molar-refractivity contribution >= 4 is 38.3 Å². The van der Waals surface area contributed by atoms with Crippen LogP contribution in [-0.2, 0) is 4.79 Å². The Bertz CT molecular complexity index is 960. The van der Waals surface area contributed by atoms with Gasteiger partial charge >= 0.3 is 5.97 Å². The lowest BCUT2D eigenvalue weighted by Gasteiger charge is -2.21. The first kappa shape index (κ1) is 19.5. The molecule has 0 aliphatic heterocycles. The molecule has 0 aliphatic rings. The van der Waals surface area contributed by atoms with Crippen LogP contribution >= 0.6 is 11.3 Å². The fraction of sp³-hybridized carbons (Fsp3) is 0.500. The van der Waals surface area contributed by atoms with Crippen molar-refractivity contribution < 1.29 is 14.6 Å². The minimum absolute atomic E-state index is 0.0487. The van der Waals surface area contributed by atoms with Gasteiger partial charge in [-0.25, -0.2) is 9.78 Å². The van der Waals surface area contributed by atoms with Gasteiger partial charge in [-0.1, -0.05) is 45.5 Å². The van der Waals surface area contributed by atoms with Gasteiger partial charge < -0.3 is 15.2 Å². The summed E-state index contributed by atoms with van der Waals surface area (Å²) in [6, 6.07) is 5.24. The summed E-state index contributed by atoms with van der Waals surface area (Å²) in [6.45, 7) is 8.13. The molecule has 6 nitrogen and oxygen atoms in total. The van der Waals surface area contributed by atoms with E-state index < -0.39 is 12.0 Å². The number of aliphatic carboxylic acids is 1. The van der Waals surface area contributed by atoms with Crippen molar-refractivity contribution in [1.82, 2.24) is 9.38 Å². The molecule has 2 atom stereocenters. The van der Waals surface area contributed by atoms with E-state index in [2.05, 4.69) is 23.6 Å². The lowest BCUT2D eigenvalue weighted by atomic mass is 10.0. The number of rotatable bonds is 8. The maximum Gasteiger partial charge on any atom is 0.326 e. The molecule has 1 aromatic carbocycles. The standard InChI is InChI=1S/C20H27N3O3S/c1-6-7-12(4)17-18(21-16(11(2)3)19(24)25)23-14-9-8-13(26-5)10-15(14)27-20(23)22-17/h8-12,16,21H,6-7H2,1-5H3,(H,24,25). The third-order valence-corrected chi connectivity index (χ3v) is 5.90. The summed E-state index contributed by atoms with van der Waals surface area (Å²) in [6.07, 6.45) is 2.06. The average Bonchev–Trinajstić information content (AvgIpc) is 3.14. The minimum Gasteiger partial charge on any atom is -0.497 e. The number of ether oxygens (including phenoxy) is 1. The van der Waals surface area contributed by atoms with Gasteiger partial charge in [0.2, 0.25) is 0 Å². The molecular weight excluding hydrogens is 362 g/mol. The lowest BCUT2D eigenvalue weighted by Crippen LogP contribution is -2.35. The van der Waals surface area contributed by atoms with Crippen molar-refractivity contribution in [3.05, 3.63) is 23.9 Å². The Morgan fingerprint density at radius 1 is 1.37 bits per heavy atom. The van der Waals surface area contributed by atoms with Gasteiger partial charge in [-0.2, -0.15) is 0 Å². The number of aromatic nitrogens is 2. The number of methoxy groups -OCH3 is 1. The smallest absolute Gasteiger partial charge is 0.326 e. The summed E-state index contributed by atoms with van der Waals surface area (Å²) >= 11 is 1.59. The van der Waals surface area contributed by atoms with E-state index in [1.807, 2.05) is 32.0 Å². The van der Waals surface area contributed by atoms with Gasteiger partial charge in [0.25, 0.3) is 0 Å². The van der Waals surface area contributed by atoms with Crippen LogP contribution in [0.1, 0.15) is 52.1 Å². The normalized spacial score (nSPS) is 14.0. The number of carboxylic acid groups (broad SMARTS) is 1. The highest BCUT2D eigenvalue weighted by Crippen LogP contribution is 2.37. The molecule has 3 rings (SSSR count). The molecule has 2 N–H and O–H groups in total. The number of anilines is 1. The van der Waals surface area contributed by atoms with Crippen molar-refractivity contribution in [2.45, 2.75) is 52.5 Å². The zero-order valence-electron chi connectivity index (χ0n) is 16.4. The van der Waals surface area contributed by atoms with Gasteiger partial charge in [-0.05, 0) is 30.5 Å². The molecule has 0 bridgehead atoms. The molecule has 0 saturated carbocycles. The van der Waals surface area contributed by atoms with E-state index in [0.29, 0.717) is 0 Å². The van der Waals surface area contributed by atoms with Crippen LogP contribution in [0.2, 0.25) is 0 Å². The highest BCUT2D eigenvalue weighted by atomic mass is 32.1. The molecule has 3 aromatic rings. The molecule has 2 unspecified atom stereocenters. The first-order valence-corrected chi connectivity index (χ1v) is 10.2. The van der Waals surface area contributed by atoms with Crippen molar-refractivity contribution in [1.29, 1.82) is 0 Å². The number of carbonyl (C=O) groups is 1. The largest absolute Gasteiger partial charge is 0.497 e. The Kier molecular flexibility index (Phi) is 5.60. The number of hydrogen-bond acceptors (Lipinski definition) is 5. The molecule has 0 radical (unpaired) electrons. The van der Waals surface area contributed by atoms with Crippen molar-refractivity contribution in [3.63, 3.8) is 0 Å². The average molecular weight is 390 g/mol. The predicted molar refractivity (Wildman–Crippen MR) is 110 cm³/mol. The van der Waals surface area contributed by atoms with Crippen LogP contribution in [0.15, 0.2) is 18.2 Å². The maximum atomic E-state index is 11.8. The fourth-order valence-electron chi connectivity index (χ4n) is 3.41. The molecule has 2 heterocycles. The van der Waals surface area contributed by atoms with Crippen LogP contribution < -0.4 is 10.1 Å². The number of carboxylic acids is 1. The van der Waals surface area contributed by atoms with Gasteiger partial charge in [0.1, 0.15) is 17.6 Å². The molecule has 0 fully saturated rings. The number of nitrogens with one attached hydrogen (secondary N) is 1. The highest BCUT2D eigenvalue weighted by molar-refractivity contribution is 7.23. The van der Waals surface area contributed by atoms with Crippen LogP contribution in [0.25, 0.3) is 15.2 Å². The van der Waals surface area contributed by atoms with Crippen molar-refractivity contribution in [3.8, 4) is 5.75 Å². The zero-order chi connectivity index (χ0) is 19.7. The van der Waals surface area contributed by atoms with Gasteiger partial charge in [0, 0.05) is 5.92 Å². The number of hydrogen-bond donors (Lipinski definition) is 2. The Morgan fingerprint density at radius 2 is 2.11 bits per heavy atom. The molecule has 0 saturated heterocycles. The second-order valence-electron chi connectivity index (χ2n) is 7.29. The summed E-state index contributed by atoms with van der Waals surface area (Å²) < 4.78 is 8.45. The number of thiazole rings is 1. The van der Waals surface area contributed by atoms with Crippen LogP contribution in [0.3, 0.4) is 0 Å². The first-order valence-electron chi connectivity index (χ1n) is 9.35. The molecule has 2 aromatic heterocycles. The second kappa shape index (κ2) is 7.76. The number of benzene rings is 1. The van der Waals surface area contributed by atoms with Crippen LogP contribution in [0, 0.1) is 5.92 Å². The summed E-state index contributed by atoms with van der Waals surface area (Å²) in [5.74, 6) is 0.942. The Labute approximate surface area is 163 Å². The number of nitrogens with zero attached hydrogens (tertiary/aromatic N) is 2. The van der Waals surface area contributed by atoms with Crippen molar-refractivity contribution in [2.24, 2.45) is 5.92 Å². The van der Waals surface area contributed by atoms with E-state index in [-0.39, 0.29) is 11.8 Å². The Balaban J connectivity index is 2.20. The Morgan fingerprint density at radius 3 is 2.70 bits per heavy atom. The third kappa shape index (κ3) is 3.60. The SMILES string of the molecule is CCCC(C)c1nc2sc3cc(OC)ccc3n2c1NC(C(=O)O)C(C)C. The molecule has 27 heavy (non-hydrogen) atoms. The molecule has 0 aliphatic carbocycles. The van der Waals surface area contributed by atoms with E-state index in [9.17, 15) is 9.90 Å². The predicted octanol–water partition coefficient (Wildman–Crippen LogP) is 4.98. The number of fused-ring (bicyclic) bond motifs is 3. The van der Waals surface area contributed by atoms with Crippen LogP contribution in [0.4, 0.5) is 5.82 Å². The number of imidazole rings is 1. The van der Waals surface area contributed by atoms with E-state index >= 15 is 0 Å². The van der Waals surface area contributed by atoms with Gasteiger partial charge in [0.15, 0.2) is 4.96 Å². The minimum atomic E-state index is -0.852. The van der Waals surface area contributed by atoms with Gasteiger partial charge in [-0.3, -0.25) is 4.40 Å². The molecular formula is C20H27N3O3S. The first-order chi connectivity index (χ1) is 12.9. The third-order valence-electron chi connectivity index (χ3n) is 4.90. The monoisotopic (exact) mass is 389 g/mol. The second-order valence-corrected chi connectivity index (χ2v) is 8.30. The lowest BCUT2D eigenvalue weighted by molar-refractivity contribution is -0.138. The summed E-state index contributed by atoms with van der Waals surface area (Å²) in [7, 11) is 1.65. The van der Waals surface area contributed by atoms with Crippen molar-refractivity contribution in [2.75, 3.05) is 12.4 Å². The van der Waals surface area contributed by atoms with Gasteiger partial charge in [-0.15, -0.1) is 0 Å².